The van der Waals surface area contributed by atoms with E-state index in [1.54, 1.807) is 11.8 Å². The monoisotopic (exact) mass is 358 g/mol. The molecule has 0 atom stereocenters. The number of piperidine rings is 1. The van der Waals surface area contributed by atoms with Gasteiger partial charge in [0.15, 0.2) is 0 Å². The van der Waals surface area contributed by atoms with Crippen LogP contribution in [0, 0.1) is 0 Å². The van der Waals surface area contributed by atoms with Gasteiger partial charge in [-0.2, -0.15) is 16.1 Å². The molecule has 128 valence electrons. The van der Waals surface area contributed by atoms with Gasteiger partial charge in [-0.25, -0.2) is 8.42 Å². The van der Waals surface area contributed by atoms with Gasteiger partial charge in [0, 0.05) is 36.8 Å². The first-order valence-corrected chi connectivity index (χ1v) is 10.4. The number of aromatic nitrogens is 1. The second-order valence-electron chi connectivity index (χ2n) is 5.76. The quantitative estimate of drug-likeness (QED) is 0.716. The topological polar surface area (TPSA) is 94.3 Å². The third kappa shape index (κ3) is 3.90. The highest BCUT2D eigenvalue weighted by atomic mass is 32.2. The number of rotatable bonds is 4. The number of nitrogens with one attached hydrogen (secondary N) is 3. The van der Waals surface area contributed by atoms with E-state index < -0.39 is 10.0 Å². The average molecular weight is 358 g/mol. The van der Waals surface area contributed by atoms with Gasteiger partial charge in [-0.1, -0.05) is 0 Å². The summed E-state index contributed by atoms with van der Waals surface area (Å²) >= 11 is 1.76. The highest BCUT2D eigenvalue weighted by Gasteiger charge is 2.28. The van der Waals surface area contributed by atoms with Crippen LogP contribution < -0.4 is 10.6 Å². The Morgan fingerprint density at radius 1 is 1.26 bits per heavy atom. The maximum absolute atomic E-state index is 12.6. The first-order valence-electron chi connectivity index (χ1n) is 7.85. The van der Waals surface area contributed by atoms with Crippen molar-refractivity contribution in [2.75, 3.05) is 37.7 Å². The molecule has 0 aromatic carbocycles. The largest absolute Gasteiger partial charge is 0.356 e. The van der Waals surface area contributed by atoms with E-state index >= 15 is 0 Å². The van der Waals surface area contributed by atoms with Crippen molar-refractivity contribution in [3.05, 3.63) is 18.0 Å². The minimum Gasteiger partial charge on any atom is -0.356 e. The maximum Gasteiger partial charge on any atom is 0.267 e. The summed E-state index contributed by atoms with van der Waals surface area (Å²) in [7, 11) is -3.51. The summed E-state index contributed by atoms with van der Waals surface area (Å²) in [6.45, 7) is 2.83. The summed E-state index contributed by atoms with van der Waals surface area (Å²) in [5.41, 5.74) is 0.300. The second kappa shape index (κ2) is 7.25. The zero-order chi connectivity index (χ0) is 16.3. The van der Waals surface area contributed by atoms with Crippen LogP contribution in [0.2, 0.25) is 0 Å². The molecule has 0 unspecified atom stereocenters. The number of hydrogen-bond acceptors (Lipinski definition) is 5. The van der Waals surface area contributed by atoms with Gasteiger partial charge in [-0.15, -0.1) is 0 Å². The molecule has 1 aromatic heterocycles. The molecule has 0 radical (unpaired) electrons. The molecule has 3 rings (SSSR count). The summed E-state index contributed by atoms with van der Waals surface area (Å²) in [4.78, 5) is 15.2. The van der Waals surface area contributed by atoms with Crippen LogP contribution in [0.1, 0.15) is 23.3 Å². The van der Waals surface area contributed by atoms with Crippen molar-refractivity contribution < 1.29 is 13.2 Å². The Morgan fingerprint density at radius 2 is 1.96 bits per heavy atom. The molecule has 9 heteroatoms. The molecule has 0 saturated carbocycles. The Morgan fingerprint density at radius 3 is 2.65 bits per heavy atom. The number of sulfonamides is 1. The molecule has 2 aliphatic heterocycles. The molecular weight excluding hydrogens is 336 g/mol. The number of carbonyl (C=O) groups excluding carboxylic acids is 1. The Bertz CT molecular complexity index is 647. The van der Waals surface area contributed by atoms with Gasteiger partial charge < -0.3 is 15.6 Å². The van der Waals surface area contributed by atoms with Gasteiger partial charge >= 0.3 is 0 Å². The van der Waals surface area contributed by atoms with Crippen molar-refractivity contribution in [2.45, 2.75) is 23.8 Å². The number of H-pyrrole nitrogens is 1. The maximum atomic E-state index is 12.6. The van der Waals surface area contributed by atoms with Gasteiger partial charge in [0.05, 0.1) is 0 Å². The lowest BCUT2D eigenvalue weighted by atomic mass is 10.1. The van der Waals surface area contributed by atoms with Crippen LogP contribution in [0.5, 0.6) is 0 Å². The Hall–Kier alpha value is -1.03. The third-order valence-corrected chi connectivity index (χ3v) is 7.00. The lowest BCUT2D eigenvalue weighted by Crippen LogP contribution is -2.42. The van der Waals surface area contributed by atoms with Crippen LogP contribution >= 0.6 is 11.8 Å². The third-order valence-electron chi connectivity index (χ3n) is 4.18. The average Bonchev–Trinajstić information content (AvgIpc) is 3.07. The Labute approximate surface area is 140 Å². The van der Waals surface area contributed by atoms with Crippen molar-refractivity contribution in [1.82, 2.24) is 19.9 Å². The standard InChI is InChI=1S/C14H22N4O3S2/c19-14(17-11-1-3-15-4-2-11)13-9-12(10-16-13)23(20,21)18-5-7-22-8-6-18/h9-11,15-16H,1-8H2,(H,17,19). The number of thioether (sulfide) groups is 1. The predicted molar refractivity (Wildman–Crippen MR) is 90.2 cm³/mol. The number of carbonyl (C=O) groups is 1. The van der Waals surface area contributed by atoms with Crippen molar-refractivity contribution in [3.8, 4) is 0 Å². The number of hydrogen-bond donors (Lipinski definition) is 3. The van der Waals surface area contributed by atoms with Crippen molar-refractivity contribution in [3.63, 3.8) is 0 Å². The van der Waals surface area contributed by atoms with E-state index in [4.69, 9.17) is 0 Å². The number of aromatic amines is 1. The highest BCUT2D eigenvalue weighted by molar-refractivity contribution is 7.99. The van der Waals surface area contributed by atoms with Crippen molar-refractivity contribution in [1.29, 1.82) is 0 Å². The van der Waals surface area contributed by atoms with Crippen LogP contribution in [0.25, 0.3) is 0 Å². The molecule has 1 amide bonds. The fourth-order valence-corrected chi connectivity index (χ4v) is 5.39. The first-order chi connectivity index (χ1) is 11.1. The van der Waals surface area contributed by atoms with Gasteiger partial charge in [-0.05, 0) is 32.0 Å². The molecule has 2 saturated heterocycles. The number of nitrogens with zero attached hydrogens (tertiary/aromatic N) is 1. The summed E-state index contributed by atoms with van der Waals surface area (Å²) in [5, 5.41) is 6.20. The van der Waals surface area contributed by atoms with Gasteiger partial charge in [0.1, 0.15) is 10.6 Å². The fourth-order valence-electron chi connectivity index (χ4n) is 2.82. The molecule has 3 N–H and O–H groups in total. The minimum absolute atomic E-state index is 0.145. The summed E-state index contributed by atoms with van der Waals surface area (Å²) in [5.74, 6) is 1.38. The van der Waals surface area contributed by atoms with E-state index in [0.717, 1.165) is 37.4 Å². The van der Waals surface area contributed by atoms with Crippen LogP contribution in [0.15, 0.2) is 17.2 Å². The van der Waals surface area contributed by atoms with Crippen LogP contribution in [-0.4, -0.2) is 67.3 Å². The zero-order valence-corrected chi connectivity index (χ0v) is 14.5. The van der Waals surface area contributed by atoms with Gasteiger partial charge in [0.2, 0.25) is 10.0 Å². The number of amides is 1. The van der Waals surface area contributed by atoms with E-state index in [2.05, 4.69) is 15.6 Å². The Kier molecular flexibility index (Phi) is 5.30. The van der Waals surface area contributed by atoms with Crippen LogP contribution in [-0.2, 0) is 10.0 Å². The smallest absolute Gasteiger partial charge is 0.267 e. The summed E-state index contributed by atoms with van der Waals surface area (Å²) in [6, 6.07) is 1.58. The molecule has 7 nitrogen and oxygen atoms in total. The molecule has 2 fully saturated rings. The Balaban J connectivity index is 1.68. The molecule has 0 aliphatic carbocycles. The second-order valence-corrected chi connectivity index (χ2v) is 8.93. The van der Waals surface area contributed by atoms with E-state index in [9.17, 15) is 13.2 Å². The summed E-state index contributed by atoms with van der Waals surface area (Å²) < 4.78 is 26.6. The lowest BCUT2D eigenvalue weighted by molar-refractivity contribution is 0.0925. The SMILES string of the molecule is O=C(NC1CCNCC1)c1cc(S(=O)(=O)N2CCSCC2)c[nH]1. The predicted octanol–water partition coefficient (Wildman–Crippen LogP) is 0.234. The zero-order valence-electron chi connectivity index (χ0n) is 12.9. The fraction of sp³-hybridized carbons (Fsp3) is 0.643. The van der Waals surface area contributed by atoms with Crippen LogP contribution in [0.4, 0.5) is 0 Å². The van der Waals surface area contributed by atoms with Crippen LogP contribution in [0.3, 0.4) is 0 Å². The first kappa shape index (κ1) is 16.8. The van der Waals surface area contributed by atoms with E-state index in [0.29, 0.717) is 18.8 Å². The molecule has 23 heavy (non-hydrogen) atoms. The lowest BCUT2D eigenvalue weighted by Gasteiger charge is -2.25. The van der Waals surface area contributed by atoms with Gasteiger partial charge in [0.25, 0.3) is 5.91 Å². The molecule has 0 bridgehead atoms. The van der Waals surface area contributed by atoms with E-state index in [-0.39, 0.29) is 16.8 Å². The van der Waals surface area contributed by atoms with Gasteiger partial charge in [-0.3, -0.25) is 4.79 Å². The summed E-state index contributed by atoms with van der Waals surface area (Å²) in [6.07, 6.45) is 3.19. The minimum atomic E-state index is -3.51. The van der Waals surface area contributed by atoms with E-state index in [1.165, 1.54) is 16.6 Å². The normalized spacial score (nSPS) is 21.2. The molecule has 1 aromatic rings. The van der Waals surface area contributed by atoms with E-state index in [1.807, 2.05) is 0 Å². The van der Waals surface area contributed by atoms with Crippen molar-refractivity contribution >= 4 is 27.7 Å². The molecule has 0 spiro atoms. The van der Waals surface area contributed by atoms with Crippen molar-refractivity contribution in [2.24, 2.45) is 0 Å². The molecule has 3 heterocycles. The molecular formula is C14H22N4O3S2. The molecule has 2 aliphatic rings. The highest BCUT2D eigenvalue weighted by Crippen LogP contribution is 2.21.